The molecule has 298 valence electrons. The smallest absolute Gasteiger partial charge is 0.243 e. The highest BCUT2D eigenvalue weighted by molar-refractivity contribution is 5.89. The van der Waals surface area contributed by atoms with Crippen LogP contribution in [-0.2, 0) is 41.5 Å². The van der Waals surface area contributed by atoms with Gasteiger partial charge in [-0.3, -0.25) is 29.0 Å². The van der Waals surface area contributed by atoms with Crippen LogP contribution in [0.25, 0.3) is 0 Å². The number of amides is 4. The molecule has 0 saturated carbocycles. The van der Waals surface area contributed by atoms with Gasteiger partial charge in [-0.1, -0.05) is 88.4 Å². The predicted molar refractivity (Wildman–Crippen MR) is 204 cm³/mol. The van der Waals surface area contributed by atoms with Crippen LogP contribution in [0.1, 0.15) is 38.8 Å². The Balaban J connectivity index is 1.53. The van der Waals surface area contributed by atoms with Crippen LogP contribution < -0.4 is 21.3 Å². The Morgan fingerprint density at radius 3 is 1.22 bits per heavy atom. The van der Waals surface area contributed by atoms with Crippen molar-refractivity contribution in [3.05, 3.63) is 71.8 Å². The number of rotatable bonds is 19. The molecule has 2 saturated heterocycles. The van der Waals surface area contributed by atoms with E-state index in [1.165, 1.54) is 0 Å². The van der Waals surface area contributed by atoms with Gasteiger partial charge in [0, 0.05) is 26.2 Å². The van der Waals surface area contributed by atoms with E-state index in [1.54, 1.807) is 0 Å². The molecule has 0 radical (unpaired) electrons. The summed E-state index contributed by atoms with van der Waals surface area (Å²) in [5.74, 6) is -2.16. The number of ether oxygens (including phenoxy) is 2. The number of hydrogen-bond donors (Lipinski definition) is 6. The van der Waals surface area contributed by atoms with Crippen LogP contribution in [0.3, 0.4) is 0 Å². The molecular formula is C40H60N6O8. The van der Waals surface area contributed by atoms with Gasteiger partial charge < -0.3 is 41.0 Å². The molecule has 14 heteroatoms. The van der Waals surface area contributed by atoms with Crippen molar-refractivity contribution in [2.45, 2.75) is 76.9 Å². The number of nitrogens with zero attached hydrogens (tertiary/aromatic N) is 2. The minimum absolute atomic E-state index is 0.126. The van der Waals surface area contributed by atoms with E-state index in [1.807, 2.05) is 98.2 Å². The van der Waals surface area contributed by atoms with Crippen molar-refractivity contribution in [1.82, 2.24) is 31.1 Å². The highest BCUT2D eigenvalue weighted by atomic mass is 16.5. The van der Waals surface area contributed by atoms with Crippen molar-refractivity contribution in [1.29, 1.82) is 0 Å². The summed E-state index contributed by atoms with van der Waals surface area (Å²) in [5.41, 5.74) is 1.61. The molecule has 2 aliphatic heterocycles. The van der Waals surface area contributed by atoms with E-state index in [0.29, 0.717) is 52.6 Å². The Morgan fingerprint density at radius 2 is 0.907 bits per heavy atom. The average molecular weight is 753 g/mol. The largest absolute Gasteiger partial charge is 0.388 e. The second-order valence-electron chi connectivity index (χ2n) is 14.9. The Hall–Kier alpha value is -3.92. The van der Waals surface area contributed by atoms with E-state index in [-0.39, 0.29) is 49.6 Å². The van der Waals surface area contributed by atoms with Gasteiger partial charge in [-0.05, 0) is 35.8 Å². The second-order valence-corrected chi connectivity index (χ2v) is 14.9. The minimum atomic E-state index is -1.55. The maximum absolute atomic E-state index is 13.9. The van der Waals surface area contributed by atoms with Gasteiger partial charge in [0.15, 0.2) is 0 Å². The molecule has 0 bridgehead atoms. The summed E-state index contributed by atoms with van der Waals surface area (Å²) in [7, 11) is 0. The van der Waals surface area contributed by atoms with Gasteiger partial charge in [0.25, 0.3) is 0 Å². The first-order chi connectivity index (χ1) is 25.9. The third kappa shape index (κ3) is 13.7. The van der Waals surface area contributed by atoms with Crippen LogP contribution >= 0.6 is 0 Å². The molecule has 14 nitrogen and oxygen atoms in total. The zero-order chi connectivity index (χ0) is 39.0. The lowest BCUT2D eigenvalue weighted by atomic mass is 9.90. The second kappa shape index (κ2) is 21.8. The number of carbonyl (C=O) groups is 4. The zero-order valence-corrected chi connectivity index (χ0v) is 32.1. The summed E-state index contributed by atoms with van der Waals surface area (Å²) in [6.07, 6.45) is -2.77. The fraction of sp³-hybridized carbons (Fsp3) is 0.600. The maximum atomic E-state index is 13.9. The summed E-state index contributed by atoms with van der Waals surface area (Å²) in [6.45, 7) is 12.2. The van der Waals surface area contributed by atoms with Crippen LogP contribution in [0.15, 0.2) is 60.7 Å². The first kappa shape index (κ1) is 42.8. The first-order valence-corrected chi connectivity index (χ1v) is 19.1. The van der Waals surface area contributed by atoms with Crippen molar-refractivity contribution in [2.24, 2.45) is 11.8 Å². The Bertz CT molecular complexity index is 1340. The van der Waals surface area contributed by atoms with Crippen LogP contribution in [0.4, 0.5) is 0 Å². The number of aliphatic hydroxyl groups is 2. The predicted octanol–water partition coefficient (Wildman–Crippen LogP) is 0.109. The standard InChI is InChI=1S/C40H60N6O8/c1-27(2)35(43-33(47)25-45-15-19-53-20-16-45)39(51)41-31(23-29-11-7-5-8-12-29)37(49)38(50)32(24-30-13-9-6-10-14-30)42-40(52)36(28(3)4)44-34(48)26-46-17-21-54-22-18-46/h5-14,27-28,31-32,35-38,49-50H,15-26H2,1-4H3,(H,41,51)(H,42,52)(H,43,47)(H,44,48)/t31-,32-,35-,36-,37+,38+/m0/s1. The van der Waals surface area contributed by atoms with Crippen molar-refractivity contribution >= 4 is 23.6 Å². The molecule has 2 aromatic rings. The number of hydrogen-bond acceptors (Lipinski definition) is 10. The van der Waals surface area contributed by atoms with E-state index in [2.05, 4.69) is 21.3 Å². The normalized spacial score (nSPS) is 18.9. The van der Waals surface area contributed by atoms with Gasteiger partial charge in [0.05, 0.1) is 51.6 Å². The molecule has 0 spiro atoms. The van der Waals surface area contributed by atoms with E-state index >= 15 is 0 Å². The Morgan fingerprint density at radius 1 is 0.574 bits per heavy atom. The minimum Gasteiger partial charge on any atom is -0.388 e. The van der Waals surface area contributed by atoms with Crippen LogP contribution in [0.2, 0.25) is 0 Å². The van der Waals surface area contributed by atoms with Gasteiger partial charge in [0.2, 0.25) is 23.6 Å². The lowest BCUT2D eigenvalue weighted by Gasteiger charge is -2.35. The molecule has 2 heterocycles. The number of benzene rings is 2. The highest BCUT2D eigenvalue weighted by Gasteiger charge is 2.37. The maximum Gasteiger partial charge on any atom is 0.243 e. The number of aliphatic hydroxyl groups excluding tert-OH is 2. The molecular weight excluding hydrogens is 692 g/mol. The van der Waals surface area contributed by atoms with Crippen LogP contribution in [0, 0.1) is 11.8 Å². The number of morpholine rings is 2. The van der Waals surface area contributed by atoms with Gasteiger partial charge >= 0.3 is 0 Å². The van der Waals surface area contributed by atoms with Crippen LogP contribution in [0.5, 0.6) is 0 Å². The monoisotopic (exact) mass is 752 g/mol. The summed E-state index contributed by atoms with van der Waals surface area (Å²) < 4.78 is 10.8. The summed E-state index contributed by atoms with van der Waals surface area (Å²) >= 11 is 0. The van der Waals surface area contributed by atoms with Crippen molar-refractivity contribution in [3.63, 3.8) is 0 Å². The number of carbonyl (C=O) groups excluding carboxylic acids is 4. The fourth-order valence-electron chi connectivity index (χ4n) is 6.70. The first-order valence-electron chi connectivity index (χ1n) is 19.1. The average Bonchev–Trinajstić information content (AvgIpc) is 3.16. The fourth-order valence-corrected chi connectivity index (χ4v) is 6.70. The lowest BCUT2D eigenvalue weighted by Crippen LogP contribution is -2.62. The Kier molecular flexibility index (Phi) is 17.3. The van der Waals surface area contributed by atoms with E-state index in [9.17, 15) is 29.4 Å². The third-order valence-corrected chi connectivity index (χ3v) is 9.90. The van der Waals surface area contributed by atoms with E-state index in [0.717, 1.165) is 11.1 Å². The van der Waals surface area contributed by atoms with Gasteiger partial charge in [-0.25, -0.2) is 0 Å². The van der Waals surface area contributed by atoms with Crippen molar-refractivity contribution in [2.75, 3.05) is 65.7 Å². The molecule has 0 unspecified atom stereocenters. The summed E-state index contributed by atoms with van der Waals surface area (Å²) in [6, 6.07) is 14.7. The van der Waals surface area contributed by atoms with Crippen LogP contribution in [-0.4, -0.2) is 146 Å². The van der Waals surface area contributed by atoms with Gasteiger partial charge in [-0.2, -0.15) is 0 Å². The third-order valence-electron chi connectivity index (χ3n) is 9.90. The summed E-state index contributed by atoms with van der Waals surface area (Å²) in [4.78, 5) is 57.9. The van der Waals surface area contributed by atoms with E-state index in [4.69, 9.17) is 9.47 Å². The molecule has 54 heavy (non-hydrogen) atoms. The highest BCUT2D eigenvalue weighted by Crippen LogP contribution is 2.17. The summed E-state index contributed by atoms with van der Waals surface area (Å²) in [5, 5.41) is 35.5. The molecule has 2 fully saturated rings. The zero-order valence-electron chi connectivity index (χ0n) is 32.1. The molecule has 4 rings (SSSR count). The molecule has 4 amide bonds. The van der Waals surface area contributed by atoms with Gasteiger partial charge in [-0.15, -0.1) is 0 Å². The lowest BCUT2D eigenvalue weighted by molar-refractivity contribution is -0.133. The molecule has 2 aliphatic rings. The van der Waals surface area contributed by atoms with Crippen molar-refractivity contribution in [3.8, 4) is 0 Å². The van der Waals surface area contributed by atoms with Gasteiger partial charge in [0.1, 0.15) is 24.3 Å². The SMILES string of the molecule is CC(C)[C@H](NC(=O)CN1CCOCC1)C(=O)N[C@@H](Cc1ccccc1)[C@@H](O)[C@H](O)[C@H](Cc1ccccc1)NC(=O)[C@@H](NC(=O)CN1CCOCC1)C(C)C. The van der Waals surface area contributed by atoms with Crippen molar-refractivity contribution < 1.29 is 38.9 Å². The molecule has 0 aromatic heterocycles. The molecule has 0 aliphatic carbocycles. The number of nitrogens with one attached hydrogen (secondary N) is 4. The topological polar surface area (TPSA) is 182 Å². The quantitative estimate of drug-likeness (QED) is 0.115. The molecule has 6 atom stereocenters. The van der Waals surface area contributed by atoms with E-state index < -0.39 is 48.2 Å². The Labute approximate surface area is 319 Å². The molecule has 6 N–H and O–H groups in total. The molecule has 2 aromatic carbocycles.